The molecule has 1 aromatic carbocycles. The van der Waals surface area contributed by atoms with Crippen molar-refractivity contribution < 1.29 is 4.79 Å². The number of amides is 1. The van der Waals surface area contributed by atoms with Crippen molar-refractivity contribution in [2.75, 3.05) is 19.0 Å². The number of para-hydroxylation sites is 1. The monoisotopic (exact) mass is 230 g/mol. The minimum absolute atomic E-state index is 0.0623. The van der Waals surface area contributed by atoms with Crippen LogP contribution in [0, 0.1) is 0 Å². The lowest BCUT2D eigenvalue weighted by molar-refractivity contribution is -0.116. The molecular weight excluding hydrogens is 212 g/mol. The van der Waals surface area contributed by atoms with Gasteiger partial charge in [0, 0.05) is 37.0 Å². The predicted octanol–water partition coefficient (Wildman–Crippen LogP) is 2.04. The second kappa shape index (κ2) is 3.91. The molecule has 0 saturated heterocycles. The SMILES string of the molecule is CNC(=O)C=C1N(C)c2ccccc2C1(C)C. The lowest BCUT2D eigenvalue weighted by Gasteiger charge is -2.23. The number of carbonyl (C=O) groups is 1. The Labute approximate surface area is 102 Å². The van der Waals surface area contributed by atoms with Gasteiger partial charge in [-0.2, -0.15) is 0 Å². The second-order valence-electron chi connectivity index (χ2n) is 4.84. The molecule has 1 aliphatic heterocycles. The first-order chi connectivity index (χ1) is 7.98. The Balaban J connectivity index is 2.54. The highest BCUT2D eigenvalue weighted by molar-refractivity contribution is 5.90. The molecule has 0 aromatic heterocycles. The first-order valence-corrected chi connectivity index (χ1v) is 5.75. The van der Waals surface area contributed by atoms with Crippen molar-refractivity contribution in [2.45, 2.75) is 19.3 Å². The van der Waals surface area contributed by atoms with E-state index in [1.54, 1.807) is 13.1 Å². The molecule has 0 bridgehead atoms. The minimum Gasteiger partial charge on any atom is -0.356 e. The van der Waals surface area contributed by atoms with Crippen molar-refractivity contribution >= 4 is 11.6 Å². The molecule has 3 heteroatoms. The summed E-state index contributed by atoms with van der Waals surface area (Å²) >= 11 is 0. The molecule has 2 rings (SSSR count). The Kier molecular flexibility index (Phi) is 2.69. The predicted molar refractivity (Wildman–Crippen MR) is 70.0 cm³/mol. The van der Waals surface area contributed by atoms with Crippen LogP contribution in [0.25, 0.3) is 0 Å². The van der Waals surface area contributed by atoms with Crippen molar-refractivity contribution in [3.8, 4) is 0 Å². The van der Waals surface area contributed by atoms with Gasteiger partial charge in [-0.25, -0.2) is 0 Å². The number of benzene rings is 1. The van der Waals surface area contributed by atoms with Gasteiger partial charge < -0.3 is 10.2 Å². The number of anilines is 1. The Morgan fingerprint density at radius 1 is 1.35 bits per heavy atom. The van der Waals surface area contributed by atoms with Crippen LogP contribution in [0.5, 0.6) is 0 Å². The molecule has 1 aromatic rings. The summed E-state index contributed by atoms with van der Waals surface area (Å²) in [6.07, 6.45) is 1.68. The van der Waals surface area contributed by atoms with Gasteiger partial charge >= 0.3 is 0 Å². The number of fused-ring (bicyclic) bond motifs is 1. The summed E-state index contributed by atoms with van der Waals surface area (Å²) in [7, 11) is 3.65. The third kappa shape index (κ3) is 1.71. The van der Waals surface area contributed by atoms with Gasteiger partial charge in [-0.05, 0) is 11.6 Å². The van der Waals surface area contributed by atoms with Crippen LogP contribution in [0.4, 0.5) is 5.69 Å². The van der Waals surface area contributed by atoms with Crippen LogP contribution in [0.15, 0.2) is 36.0 Å². The van der Waals surface area contributed by atoms with Crippen molar-refractivity contribution in [3.05, 3.63) is 41.6 Å². The molecule has 1 amide bonds. The maximum absolute atomic E-state index is 11.5. The number of rotatable bonds is 1. The summed E-state index contributed by atoms with van der Waals surface area (Å²) in [5.74, 6) is -0.0623. The zero-order chi connectivity index (χ0) is 12.6. The number of nitrogens with zero attached hydrogens (tertiary/aromatic N) is 1. The van der Waals surface area contributed by atoms with E-state index in [9.17, 15) is 4.79 Å². The van der Waals surface area contributed by atoms with E-state index in [-0.39, 0.29) is 11.3 Å². The first-order valence-electron chi connectivity index (χ1n) is 5.75. The minimum atomic E-state index is -0.127. The standard InChI is InChI=1S/C14H18N2O/c1-14(2)10-7-5-6-8-11(10)16(4)12(14)9-13(17)15-3/h5-9H,1-4H3,(H,15,17). The molecule has 0 spiro atoms. The summed E-state index contributed by atoms with van der Waals surface area (Å²) < 4.78 is 0. The lowest BCUT2D eigenvalue weighted by atomic mass is 9.84. The maximum Gasteiger partial charge on any atom is 0.245 e. The second-order valence-corrected chi connectivity index (χ2v) is 4.84. The Bertz CT molecular complexity index is 489. The average Bonchev–Trinajstić information content (AvgIpc) is 2.51. The summed E-state index contributed by atoms with van der Waals surface area (Å²) in [6.45, 7) is 4.29. The van der Waals surface area contributed by atoms with E-state index in [2.05, 4.69) is 36.2 Å². The van der Waals surface area contributed by atoms with Crippen LogP contribution in [-0.4, -0.2) is 20.0 Å². The fourth-order valence-corrected chi connectivity index (χ4v) is 2.46. The number of hydrogen-bond acceptors (Lipinski definition) is 2. The fraction of sp³-hybridized carbons (Fsp3) is 0.357. The first kappa shape index (κ1) is 11.7. The molecule has 0 unspecified atom stereocenters. The van der Waals surface area contributed by atoms with Gasteiger partial charge in [0.05, 0.1) is 0 Å². The number of hydrogen-bond donors (Lipinski definition) is 1. The number of likely N-dealkylation sites (N-methyl/N-ethyl adjacent to an activating group) is 2. The summed E-state index contributed by atoms with van der Waals surface area (Å²) in [4.78, 5) is 13.6. The Hall–Kier alpha value is -1.77. The van der Waals surface area contributed by atoms with E-state index in [0.717, 1.165) is 5.70 Å². The van der Waals surface area contributed by atoms with Crippen LogP contribution in [-0.2, 0) is 10.2 Å². The van der Waals surface area contributed by atoms with Gasteiger partial charge in [0.1, 0.15) is 0 Å². The molecule has 1 heterocycles. The van der Waals surface area contributed by atoms with Gasteiger partial charge in [0.15, 0.2) is 0 Å². The van der Waals surface area contributed by atoms with Crippen molar-refractivity contribution in [3.63, 3.8) is 0 Å². The smallest absolute Gasteiger partial charge is 0.245 e. The third-order valence-electron chi connectivity index (χ3n) is 3.45. The Morgan fingerprint density at radius 2 is 2.00 bits per heavy atom. The van der Waals surface area contributed by atoms with Crippen LogP contribution in [0.3, 0.4) is 0 Å². The molecule has 90 valence electrons. The van der Waals surface area contributed by atoms with Crippen molar-refractivity contribution in [2.24, 2.45) is 0 Å². The number of carbonyl (C=O) groups excluding carboxylic acids is 1. The molecule has 0 atom stereocenters. The highest BCUT2D eigenvalue weighted by Gasteiger charge is 2.38. The van der Waals surface area contributed by atoms with Crippen molar-refractivity contribution in [1.29, 1.82) is 0 Å². The van der Waals surface area contributed by atoms with Gasteiger partial charge in [-0.1, -0.05) is 32.0 Å². The average molecular weight is 230 g/mol. The van der Waals surface area contributed by atoms with Crippen LogP contribution in [0.1, 0.15) is 19.4 Å². The van der Waals surface area contributed by atoms with E-state index in [1.165, 1.54) is 11.3 Å². The maximum atomic E-state index is 11.5. The highest BCUT2D eigenvalue weighted by atomic mass is 16.1. The Morgan fingerprint density at radius 3 is 2.59 bits per heavy atom. The van der Waals surface area contributed by atoms with E-state index >= 15 is 0 Å². The molecule has 1 N–H and O–H groups in total. The molecular formula is C14H18N2O. The fourth-order valence-electron chi connectivity index (χ4n) is 2.46. The topological polar surface area (TPSA) is 32.3 Å². The zero-order valence-electron chi connectivity index (χ0n) is 10.7. The van der Waals surface area contributed by atoms with Crippen molar-refractivity contribution in [1.82, 2.24) is 5.32 Å². The normalized spacial score (nSPS) is 19.3. The summed E-state index contributed by atoms with van der Waals surface area (Å²) in [6, 6.07) is 8.27. The molecule has 17 heavy (non-hydrogen) atoms. The van der Waals surface area contributed by atoms with Gasteiger partial charge in [0.25, 0.3) is 0 Å². The largest absolute Gasteiger partial charge is 0.356 e. The van der Waals surface area contributed by atoms with Crippen LogP contribution in [0.2, 0.25) is 0 Å². The van der Waals surface area contributed by atoms with Gasteiger partial charge in [-0.3, -0.25) is 4.79 Å². The van der Waals surface area contributed by atoms with E-state index in [4.69, 9.17) is 0 Å². The highest BCUT2D eigenvalue weighted by Crippen LogP contribution is 2.46. The molecule has 0 fully saturated rings. The van der Waals surface area contributed by atoms with Gasteiger partial charge in [-0.15, -0.1) is 0 Å². The van der Waals surface area contributed by atoms with E-state index < -0.39 is 0 Å². The van der Waals surface area contributed by atoms with E-state index in [0.29, 0.717) is 0 Å². The number of nitrogens with one attached hydrogen (secondary N) is 1. The zero-order valence-corrected chi connectivity index (χ0v) is 10.7. The molecule has 1 aliphatic rings. The number of allylic oxidation sites excluding steroid dienone is 1. The summed E-state index contributed by atoms with van der Waals surface area (Å²) in [5, 5.41) is 2.63. The summed E-state index contributed by atoms with van der Waals surface area (Å²) in [5.41, 5.74) is 3.33. The van der Waals surface area contributed by atoms with E-state index in [1.807, 2.05) is 19.2 Å². The molecule has 0 aliphatic carbocycles. The lowest BCUT2D eigenvalue weighted by Crippen LogP contribution is -2.26. The molecule has 0 saturated carbocycles. The van der Waals surface area contributed by atoms with Crippen LogP contribution < -0.4 is 10.2 Å². The van der Waals surface area contributed by atoms with Crippen LogP contribution >= 0.6 is 0 Å². The van der Waals surface area contributed by atoms with Gasteiger partial charge in [0.2, 0.25) is 5.91 Å². The molecule has 0 radical (unpaired) electrons. The third-order valence-corrected chi connectivity index (χ3v) is 3.45. The molecule has 3 nitrogen and oxygen atoms in total. The quantitative estimate of drug-likeness (QED) is 0.749.